The zero-order valence-corrected chi connectivity index (χ0v) is 16.1. The standard InChI is InChI=1S/C22H35BN/c1-4-7-12-17-23(15-8-5-2,16-9-6-3)21-18-20-13-10-11-14-22(20)24-19-21/h10-11,13-14,18-19H,4-9,12,15-17H2,1-3H3/q-1. The molecule has 2 rings (SSSR count). The van der Waals surface area contributed by atoms with Crippen molar-refractivity contribution >= 4 is 22.5 Å². The van der Waals surface area contributed by atoms with Crippen molar-refractivity contribution in [2.24, 2.45) is 0 Å². The molecule has 0 unspecified atom stereocenters. The van der Waals surface area contributed by atoms with E-state index in [2.05, 4.69) is 57.3 Å². The molecule has 1 nitrogen and oxygen atoms in total. The Kier molecular flexibility index (Phi) is 7.82. The van der Waals surface area contributed by atoms with Gasteiger partial charge in [0, 0.05) is 6.15 Å². The second-order valence-corrected chi connectivity index (χ2v) is 7.72. The monoisotopic (exact) mass is 324 g/mol. The van der Waals surface area contributed by atoms with Gasteiger partial charge < -0.3 is 0 Å². The largest absolute Gasteiger partial charge is 0.260 e. The van der Waals surface area contributed by atoms with Gasteiger partial charge in [0.05, 0.1) is 5.52 Å². The van der Waals surface area contributed by atoms with Crippen molar-refractivity contribution in [2.75, 3.05) is 0 Å². The molecule has 1 aromatic heterocycles. The molecule has 0 atom stereocenters. The maximum atomic E-state index is 4.81. The molecule has 0 saturated carbocycles. The van der Waals surface area contributed by atoms with Crippen LogP contribution in [-0.2, 0) is 0 Å². The third kappa shape index (κ3) is 4.85. The van der Waals surface area contributed by atoms with Gasteiger partial charge in [0.25, 0.3) is 0 Å². The van der Waals surface area contributed by atoms with E-state index >= 15 is 0 Å². The lowest BCUT2D eigenvalue weighted by Gasteiger charge is -2.41. The predicted molar refractivity (Wildman–Crippen MR) is 111 cm³/mol. The molecule has 0 saturated heterocycles. The van der Waals surface area contributed by atoms with Crippen molar-refractivity contribution in [3.05, 3.63) is 36.5 Å². The van der Waals surface area contributed by atoms with Crippen molar-refractivity contribution in [1.82, 2.24) is 4.98 Å². The molecule has 132 valence electrons. The molecule has 1 heterocycles. The molecule has 24 heavy (non-hydrogen) atoms. The number of benzene rings is 1. The van der Waals surface area contributed by atoms with Gasteiger partial charge in [-0.25, -0.2) is 0 Å². The molecule has 0 fully saturated rings. The fourth-order valence-electron chi connectivity index (χ4n) is 4.33. The fourth-order valence-corrected chi connectivity index (χ4v) is 4.33. The first-order chi connectivity index (χ1) is 11.8. The van der Waals surface area contributed by atoms with Crippen molar-refractivity contribution in [3.63, 3.8) is 0 Å². The number of aromatic nitrogens is 1. The number of rotatable bonds is 11. The number of hydrogen-bond donors (Lipinski definition) is 0. The van der Waals surface area contributed by atoms with Crippen LogP contribution in [0.2, 0.25) is 19.0 Å². The van der Waals surface area contributed by atoms with E-state index in [4.69, 9.17) is 4.98 Å². The Morgan fingerprint density at radius 1 is 0.792 bits per heavy atom. The highest BCUT2D eigenvalue weighted by molar-refractivity contribution is 6.92. The molecule has 0 bridgehead atoms. The Labute approximate surface area is 149 Å². The normalized spacial score (nSPS) is 12.0. The van der Waals surface area contributed by atoms with Gasteiger partial charge in [0.15, 0.2) is 0 Å². The summed E-state index contributed by atoms with van der Waals surface area (Å²) in [5.74, 6) is 0. The highest BCUT2D eigenvalue weighted by atomic mass is 14.6. The molecule has 0 aliphatic carbocycles. The van der Waals surface area contributed by atoms with Crippen molar-refractivity contribution in [1.29, 1.82) is 0 Å². The van der Waals surface area contributed by atoms with Crippen LogP contribution in [0.3, 0.4) is 0 Å². The molecular weight excluding hydrogens is 289 g/mol. The Balaban J connectivity index is 2.37. The van der Waals surface area contributed by atoms with Crippen LogP contribution in [0.15, 0.2) is 36.5 Å². The van der Waals surface area contributed by atoms with Gasteiger partial charge in [-0.05, 0) is 17.6 Å². The van der Waals surface area contributed by atoms with E-state index in [0.29, 0.717) is 0 Å². The van der Waals surface area contributed by atoms with Gasteiger partial charge in [-0.1, -0.05) is 90.0 Å². The lowest BCUT2D eigenvalue weighted by molar-refractivity contribution is 0.747. The summed E-state index contributed by atoms with van der Waals surface area (Å²) in [5, 5.41) is 1.31. The zero-order chi connectivity index (χ0) is 17.3. The molecule has 1 aromatic carbocycles. The Hall–Kier alpha value is -1.31. The summed E-state index contributed by atoms with van der Waals surface area (Å²) in [6, 6.07) is 11.0. The second kappa shape index (κ2) is 9.86. The molecule has 0 aliphatic rings. The van der Waals surface area contributed by atoms with Crippen LogP contribution in [0.25, 0.3) is 10.9 Å². The maximum Gasteiger partial charge on any atom is 0.0699 e. The average Bonchev–Trinajstić information content (AvgIpc) is 2.63. The molecule has 0 radical (unpaired) electrons. The summed E-state index contributed by atoms with van der Waals surface area (Å²) in [6.07, 6.45) is 15.2. The van der Waals surface area contributed by atoms with E-state index in [-0.39, 0.29) is 0 Å². The van der Waals surface area contributed by atoms with Crippen molar-refractivity contribution < 1.29 is 0 Å². The minimum atomic E-state index is -0.461. The smallest absolute Gasteiger partial charge is 0.0699 e. The van der Waals surface area contributed by atoms with Gasteiger partial charge in [-0.15, -0.1) is 0 Å². The number of unbranched alkanes of at least 4 members (excludes halogenated alkanes) is 4. The Morgan fingerprint density at radius 3 is 2.08 bits per heavy atom. The molecule has 0 N–H and O–H groups in total. The lowest BCUT2D eigenvalue weighted by Crippen LogP contribution is -2.47. The number of hydrogen-bond acceptors (Lipinski definition) is 1. The van der Waals surface area contributed by atoms with Crippen LogP contribution < -0.4 is 5.46 Å². The zero-order valence-electron chi connectivity index (χ0n) is 16.1. The van der Waals surface area contributed by atoms with Gasteiger partial charge in [-0.2, -0.15) is 24.4 Å². The van der Waals surface area contributed by atoms with Crippen LogP contribution in [0, 0.1) is 0 Å². The lowest BCUT2D eigenvalue weighted by atomic mass is 9.16. The molecule has 2 aromatic rings. The third-order valence-corrected chi connectivity index (χ3v) is 5.90. The minimum absolute atomic E-state index is 0.461. The van der Waals surface area contributed by atoms with E-state index in [1.54, 1.807) is 5.46 Å². The van der Waals surface area contributed by atoms with Crippen LogP contribution in [0.1, 0.15) is 65.7 Å². The summed E-state index contributed by atoms with van der Waals surface area (Å²) < 4.78 is 0. The summed E-state index contributed by atoms with van der Waals surface area (Å²) in [7, 11) is 0. The molecule has 0 spiro atoms. The highest BCUT2D eigenvalue weighted by Gasteiger charge is 2.25. The first-order valence-electron chi connectivity index (χ1n) is 10.3. The SMILES string of the molecule is CCCCC[B-](CCCC)(CCCC)c1cnc2ccccc2c1. The maximum absolute atomic E-state index is 4.81. The van der Waals surface area contributed by atoms with Gasteiger partial charge in [-0.3, -0.25) is 4.98 Å². The van der Waals surface area contributed by atoms with E-state index < -0.39 is 6.15 Å². The minimum Gasteiger partial charge on any atom is -0.260 e. The summed E-state index contributed by atoms with van der Waals surface area (Å²) in [6.45, 7) is 6.96. The summed E-state index contributed by atoms with van der Waals surface area (Å²) >= 11 is 0. The van der Waals surface area contributed by atoms with Crippen LogP contribution in [0.5, 0.6) is 0 Å². The summed E-state index contributed by atoms with van der Waals surface area (Å²) in [4.78, 5) is 4.81. The summed E-state index contributed by atoms with van der Waals surface area (Å²) in [5.41, 5.74) is 2.68. The van der Waals surface area contributed by atoms with Gasteiger partial charge in [0.2, 0.25) is 0 Å². The quantitative estimate of drug-likeness (QED) is 0.332. The molecule has 0 amide bonds. The van der Waals surface area contributed by atoms with E-state index in [9.17, 15) is 0 Å². The number of nitrogens with zero attached hydrogens (tertiary/aromatic N) is 1. The number of fused-ring (bicyclic) bond motifs is 1. The van der Waals surface area contributed by atoms with E-state index in [0.717, 1.165) is 5.52 Å². The number of para-hydroxylation sites is 1. The van der Waals surface area contributed by atoms with Crippen LogP contribution in [-0.4, -0.2) is 11.1 Å². The van der Waals surface area contributed by atoms with E-state index in [1.807, 2.05) is 0 Å². The van der Waals surface area contributed by atoms with Crippen molar-refractivity contribution in [3.8, 4) is 0 Å². The van der Waals surface area contributed by atoms with Crippen LogP contribution >= 0.6 is 0 Å². The van der Waals surface area contributed by atoms with Crippen molar-refractivity contribution in [2.45, 2.75) is 84.7 Å². The Bertz CT molecular complexity index is 600. The third-order valence-electron chi connectivity index (χ3n) is 5.90. The number of pyridine rings is 1. The fraction of sp³-hybridized carbons (Fsp3) is 0.591. The highest BCUT2D eigenvalue weighted by Crippen LogP contribution is 2.29. The average molecular weight is 324 g/mol. The Morgan fingerprint density at radius 2 is 1.42 bits per heavy atom. The van der Waals surface area contributed by atoms with Gasteiger partial charge >= 0.3 is 0 Å². The first-order valence-corrected chi connectivity index (χ1v) is 10.3. The van der Waals surface area contributed by atoms with E-state index in [1.165, 1.54) is 69.3 Å². The molecule has 0 aliphatic heterocycles. The van der Waals surface area contributed by atoms with Gasteiger partial charge in [0.1, 0.15) is 0 Å². The molecular formula is C22H35BN-. The van der Waals surface area contributed by atoms with Crippen LogP contribution in [0.4, 0.5) is 0 Å². The second-order valence-electron chi connectivity index (χ2n) is 7.72. The molecule has 2 heteroatoms. The topological polar surface area (TPSA) is 12.9 Å². The first kappa shape index (κ1) is 19.0. The predicted octanol–water partition coefficient (Wildman–Crippen LogP) is 6.68.